The number of pyridine rings is 2. The van der Waals surface area contributed by atoms with Crippen LogP contribution >= 0.6 is 0 Å². The number of imidazole rings is 1. The van der Waals surface area contributed by atoms with Gasteiger partial charge in [-0.1, -0.05) is 44.8 Å². The average molecular weight is 425 g/mol. The van der Waals surface area contributed by atoms with Gasteiger partial charge < -0.3 is 4.98 Å². The Bertz CT molecular complexity index is 1340. The van der Waals surface area contributed by atoms with Crippen LogP contribution in [0.5, 0.6) is 0 Å². The third kappa shape index (κ3) is 4.26. The Labute approximate surface area is 187 Å². The summed E-state index contributed by atoms with van der Waals surface area (Å²) < 4.78 is 0. The Morgan fingerprint density at radius 1 is 1.16 bits per heavy atom. The van der Waals surface area contributed by atoms with Gasteiger partial charge in [0.2, 0.25) is 0 Å². The number of rotatable bonds is 5. The maximum atomic E-state index is 4.60. The van der Waals surface area contributed by atoms with Crippen molar-refractivity contribution < 1.29 is 0 Å². The van der Waals surface area contributed by atoms with E-state index in [1.807, 2.05) is 24.5 Å². The number of nitrogens with zero attached hydrogens (tertiary/aromatic N) is 4. The van der Waals surface area contributed by atoms with Gasteiger partial charge in [-0.05, 0) is 54.2 Å². The van der Waals surface area contributed by atoms with Crippen LogP contribution in [0.4, 0.5) is 0 Å². The van der Waals surface area contributed by atoms with Gasteiger partial charge in [0.25, 0.3) is 0 Å². The third-order valence-electron chi connectivity index (χ3n) is 6.41. The molecule has 0 spiro atoms. The first-order valence-electron chi connectivity index (χ1n) is 11.3. The van der Waals surface area contributed by atoms with Crippen molar-refractivity contribution in [2.45, 2.75) is 45.4 Å². The molecule has 6 nitrogen and oxygen atoms in total. The molecule has 2 N–H and O–H groups in total. The van der Waals surface area contributed by atoms with E-state index in [4.69, 9.17) is 0 Å². The second-order valence-electron chi connectivity index (χ2n) is 8.75. The second kappa shape index (κ2) is 8.91. The van der Waals surface area contributed by atoms with Gasteiger partial charge in [-0.3, -0.25) is 15.1 Å². The van der Waals surface area contributed by atoms with Crippen molar-refractivity contribution >= 4 is 29.3 Å². The molecule has 0 bridgehead atoms. The van der Waals surface area contributed by atoms with Gasteiger partial charge in [-0.2, -0.15) is 5.10 Å². The molecular weight excluding hydrogens is 396 g/mol. The van der Waals surface area contributed by atoms with Crippen molar-refractivity contribution in [2.24, 2.45) is 5.92 Å². The summed E-state index contributed by atoms with van der Waals surface area (Å²) in [5.41, 5.74) is 6.11. The van der Waals surface area contributed by atoms with Gasteiger partial charge in [-0.15, -0.1) is 0 Å². The highest BCUT2D eigenvalue weighted by Crippen LogP contribution is 2.27. The molecule has 0 aromatic carbocycles. The monoisotopic (exact) mass is 424 g/mol. The normalized spacial score (nSPS) is 16.2. The highest BCUT2D eigenvalue weighted by molar-refractivity contribution is 5.77. The van der Waals surface area contributed by atoms with Crippen molar-refractivity contribution in [2.75, 3.05) is 0 Å². The second-order valence-corrected chi connectivity index (χ2v) is 8.75. The van der Waals surface area contributed by atoms with E-state index in [0.717, 1.165) is 50.8 Å². The lowest BCUT2D eigenvalue weighted by Crippen LogP contribution is -2.21. The van der Waals surface area contributed by atoms with Crippen LogP contribution in [0.2, 0.25) is 0 Å². The quantitative estimate of drug-likeness (QED) is 0.504. The number of hydrogen-bond donors (Lipinski definition) is 2. The fourth-order valence-electron chi connectivity index (χ4n) is 4.53. The first-order valence-corrected chi connectivity index (χ1v) is 11.3. The van der Waals surface area contributed by atoms with Crippen molar-refractivity contribution in [1.82, 2.24) is 30.1 Å². The summed E-state index contributed by atoms with van der Waals surface area (Å²) in [6.45, 7) is 6.33. The highest BCUT2D eigenvalue weighted by atomic mass is 15.1. The van der Waals surface area contributed by atoms with E-state index < -0.39 is 0 Å². The largest absolute Gasteiger partial charge is 0.335 e. The zero-order valence-electron chi connectivity index (χ0n) is 18.4. The Morgan fingerprint density at radius 3 is 2.88 bits per heavy atom. The Morgan fingerprint density at radius 2 is 2.03 bits per heavy atom. The van der Waals surface area contributed by atoms with Crippen molar-refractivity contribution in [3.63, 3.8) is 0 Å². The Balaban J connectivity index is 1.38. The van der Waals surface area contributed by atoms with Crippen LogP contribution in [0.3, 0.4) is 0 Å². The van der Waals surface area contributed by atoms with E-state index in [1.54, 1.807) is 12.4 Å². The van der Waals surface area contributed by atoms with Crippen LogP contribution in [-0.4, -0.2) is 30.1 Å². The molecule has 1 saturated carbocycles. The SMILES string of the molecule is C=c1c(-c2nc3ccncc3[nH]2)n[nH]/c1=C/C=C(\C)c1cncc(CC2CCCCC2)c1. The van der Waals surface area contributed by atoms with Gasteiger partial charge in [-0.25, -0.2) is 4.98 Å². The highest BCUT2D eigenvalue weighted by Gasteiger charge is 2.14. The molecule has 4 aromatic rings. The molecule has 1 aliphatic carbocycles. The maximum Gasteiger partial charge on any atom is 0.159 e. The van der Waals surface area contributed by atoms with Crippen LogP contribution in [0.1, 0.15) is 50.2 Å². The minimum atomic E-state index is 0.689. The van der Waals surface area contributed by atoms with E-state index in [9.17, 15) is 0 Å². The van der Waals surface area contributed by atoms with Gasteiger partial charge >= 0.3 is 0 Å². The summed E-state index contributed by atoms with van der Waals surface area (Å²) in [4.78, 5) is 16.5. The molecule has 0 saturated heterocycles. The molecule has 1 fully saturated rings. The lowest BCUT2D eigenvalue weighted by molar-refractivity contribution is 0.356. The zero-order chi connectivity index (χ0) is 21.9. The molecule has 4 heterocycles. The van der Waals surface area contributed by atoms with Gasteiger partial charge in [0, 0.05) is 23.8 Å². The smallest absolute Gasteiger partial charge is 0.159 e. The molecule has 0 amide bonds. The fraction of sp³-hybridized carbons (Fsp3) is 0.308. The van der Waals surface area contributed by atoms with Crippen molar-refractivity contribution in [3.8, 4) is 11.5 Å². The minimum absolute atomic E-state index is 0.689. The number of hydrogen-bond acceptors (Lipinski definition) is 4. The number of nitrogens with one attached hydrogen (secondary N) is 2. The number of aromatic nitrogens is 6. The molecule has 1 aliphatic rings. The summed E-state index contributed by atoms with van der Waals surface area (Å²) in [5.74, 6) is 1.50. The lowest BCUT2D eigenvalue weighted by atomic mass is 9.85. The lowest BCUT2D eigenvalue weighted by Gasteiger charge is -2.21. The molecule has 5 rings (SSSR count). The molecule has 0 aliphatic heterocycles. The summed E-state index contributed by atoms with van der Waals surface area (Å²) in [6, 6.07) is 4.16. The zero-order valence-corrected chi connectivity index (χ0v) is 18.4. The standard InChI is InChI=1S/C26H28N6/c1-17(21-13-20(14-28-15-21)12-19-6-4-3-5-7-19)8-9-22-18(2)25(32-31-22)26-29-23-10-11-27-16-24(23)30-26/h8-11,13-16,19,31H,2-7,12H2,1H3,(H,29,30)/b17-8+,22-9+. The van der Waals surface area contributed by atoms with E-state index in [0.29, 0.717) is 5.82 Å². The number of allylic oxidation sites excluding steroid dienone is 2. The van der Waals surface area contributed by atoms with Crippen molar-refractivity contribution in [3.05, 3.63) is 64.7 Å². The third-order valence-corrected chi connectivity index (χ3v) is 6.41. The van der Waals surface area contributed by atoms with E-state index in [1.165, 1.54) is 37.7 Å². The summed E-state index contributed by atoms with van der Waals surface area (Å²) in [7, 11) is 0. The minimum Gasteiger partial charge on any atom is -0.335 e. The molecule has 162 valence electrons. The van der Waals surface area contributed by atoms with Crippen LogP contribution in [0, 0.1) is 5.92 Å². The molecule has 6 heteroatoms. The van der Waals surface area contributed by atoms with E-state index in [2.05, 4.69) is 55.8 Å². The van der Waals surface area contributed by atoms with Crippen LogP contribution in [0.25, 0.3) is 40.8 Å². The molecule has 0 radical (unpaired) electrons. The van der Waals surface area contributed by atoms with E-state index in [-0.39, 0.29) is 0 Å². The fourth-order valence-corrected chi connectivity index (χ4v) is 4.53. The molecule has 0 atom stereocenters. The number of aromatic amines is 2. The molecule has 32 heavy (non-hydrogen) atoms. The molecular formula is C26H28N6. The first-order chi connectivity index (χ1) is 15.7. The van der Waals surface area contributed by atoms with Crippen LogP contribution in [-0.2, 0) is 6.42 Å². The number of fused-ring (bicyclic) bond motifs is 1. The first kappa shape index (κ1) is 20.4. The predicted molar refractivity (Wildman–Crippen MR) is 129 cm³/mol. The van der Waals surface area contributed by atoms with Gasteiger partial charge in [0.15, 0.2) is 5.82 Å². The van der Waals surface area contributed by atoms with Crippen LogP contribution in [0.15, 0.2) is 43.0 Å². The number of H-pyrrole nitrogens is 2. The van der Waals surface area contributed by atoms with Gasteiger partial charge in [0.1, 0.15) is 5.69 Å². The average Bonchev–Trinajstić information content (AvgIpc) is 3.41. The van der Waals surface area contributed by atoms with Crippen LogP contribution < -0.4 is 10.6 Å². The molecule has 4 aromatic heterocycles. The van der Waals surface area contributed by atoms with Gasteiger partial charge in [0.05, 0.1) is 22.6 Å². The maximum absolute atomic E-state index is 4.60. The topological polar surface area (TPSA) is 83.1 Å². The van der Waals surface area contributed by atoms with E-state index >= 15 is 0 Å². The summed E-state index contributed by atoms with van der Waals surface area (Å²) in [5, 5.41) is 9.20. The summed E-state index contributed by atoms with van der Waals surface area (Å²) >= 11 is 0. The predicted octanol–water partition coefficient (Wildman–Crippen LogP) is 4.16. The Kier molecular flexibility index (Phi) is 5.67. The molecule has 0 unspecified atom stereocenters. The summed E-state index contributed by atoms with van der Waals surface area (Å²) in [6.07, 6.45) is 19.5. The Hall–Kier alpha value is -3.54. The van der Waals surface area contributed by atoms with Crippen molar-refractivity contribution in [1.29, 1.82) is 0 Å².